The molecule has 2 unspecified atom stereocenters. The number of ether oxygens (including phenoxy) is 3. The summed E-state index contributed by atoms with van der Waals surface area (Å²) in [5, 5.41) is 0. The highest BCUT2D eigenvalue weighted by Crippen LogP contribution is 2.36. The molecular formula is C14H17NO6S. The summed E-state index contributed by atoms with van der Waals surface area (Å²) in [5.41, 5.74) is 0.169. The minimum absolute atomic E-state index is 0.0227. The van der Waals surface area contributed by atoms with Crippen molar-refractivity contribution in [2.75, 3.05) is 27.4 Å². The van der Waals surface area contributed by atoms with Crippen LogP contribution in [0.5, 0.6) is 5.75 Å². The lowest BCUT2D eigenvalue weighted by Gasteiger charge is -2.26. The smallest absolute Gasteiger partial charge is 0.337 e. The average molecular weight is 327 g/mol. The lowest BCUT2D eigenvalue weighted by atomic mass is 10.2. The molecule has 7 nitrogen and oxygen atoms in total. The van der Waals surface area contributed by atoms with Crippen molar-refractivity contribution in [3.8, 4) is 5.75 Å². The van der Waals surface area contributed by atoms with Crippen LogP contribution in [-0.4, -0.2) is 58.2 Å². The third-order valence-corrected chi connectivity index (χ3v) is 5.96. The van der Waals surface area contributed by atoms with Gasteiger partial charge in [-0.05, 0) is 24.6 Å². The number of morpholine rings is 1. The Morgan fingerprint density at radius 1 is 1.36 bits per heavy atom. The van der Waals surface area contributed by atoms with Gasteiger partial charge in [0.1, 0.15) is 10.6 Å². The van der Waals surface area contributed by atoms with Crippen molar-refractivity contribution < 1.29 is 27.4 Å². The number of benzene rings is 1. The zero-order chi connectivity index (χ0) is 15.9. The number of fused-ring (bicyclic) bond motifs is 2. The van der Waals surface area contributed by atoms with E-state index in [2.05, 4.69) is 4.74 Å². The molecular weight excluding hydrogens is 310 g/mol. The Bertz CT molecular complexity index is 701. The Kier molecular flexibility index (Phi) is 3.84. The second-order valence-electron chi connectivity index (χ2n) is 5.28. The van der Waals surface area contributed by atoms with Crippen LogP contribution in [-0.2, 0) is 19.5 Å². The van der Waals surface area contributed by atoms with Crippen LogP contribution in [0.3, 0.4) is 0 Å². The van der Waals surface area contributed by atoms with Crippen molar-refractivity contribution in [2.45, 2.75) is 23.5 Å². The molecule has 2 bridgehead atoms. The third kappa shape index (κ3) is 2.37. The van der Waals surface area contributed by atoms with E-state index in [9.17, 15) is 13.2 Å². The topological polar surface area (TPSA) is 82.1 Å². The summed E-state index contributed by atoms with van der Waals surface area (Å²) < 4.78 is 42.5. The van der Waals surface area contributed by atoms with E-state index in [1.165, 1.54) is 36.7 Å². The minimum Gasteiger partial charge on any atom is -0.495 e. The molecule has 0 saturated carbocycles. The molecule has 3 rings (SSSR count). The predicted molar refractivity (Wildman–Crippen MR) is 76.4 cm³/mol. The molecule has 1 aromatic rings. The van der Waals surface area contributed by atoms with Gasteiger partial charge in [0.05, 0.1) is 38.5 Å². The van der Waals surface area contributed by atoms with Crippen molar-refractivity contribution >= 4 is 16.0 Å². The molecule has 2 saturated heterocycles. The van der Waals surface area contributed by atoms with Crippen molar-refractivity contribution in [1.82, 2.24) is 4.31 Å². The molecule has 2 aliphatic heterocycles. The number of esters is 1. The Labute approximate surface area is 128 Å². The maximum absolute atomic E-state index is 12.9. The molecule has 0 aliphatic carbocycles. The Morgan fingerprint density at radius 2 is 2.14 bits per heavy atom. The molecule has 2 atom stereocenters. The van der Waals surface area contributed by atoms with E-state index in [0.29, 0.717) is 19.6 Å². The van der Waals surface area contributed by atoms with Crippen molar-refractivity contribution in [2.24, 2.45) is 0 Å². The SMILES string of the molecule is COC(=O)c1ccc(OC)c(S(=O)(=O)N2CC3CC2CO3)c1. The van der Waals surface area contributed by atoms with Gasteiger partial charge in [0.15, 0.2) is 0 Å². The number of nitrogens with zero attached hydrogens (tertiary/aromatic N) is 1. The Hall–Kier alpha value is -1.64. The number of sulfonamides is 1. The number of carbonyl (C=O) groups is 1. The number of carbonyl (C=O) groups excluding carboxylic acids is 1. The van der Waals surface area contributed by atoms with E-state index in [0.717, 1.165) is 0 Å². The molecule has 2 aliphatic rings. The van der Waals surface area contributed by atoms with Gasteiger partial charge in [-0.1, -0.05) is 0 Å². The maximum atomic E-state index is 12.9. The predicted octanol–water partition coefficient (Wildman–Crippen LogP) is 0.644. The van der Waals surface area contributed by atoms with Gasteiger partial charge in [0.25, 0.3) is 0 Å². The van der Waals surface area contributed by atoms with Gasteiger partial charge in [-0.2, -0.15) is 4.31 Å². The van der Waals surface area contributed by atoms with E-state index in [1.807, 2.05) is 0 Å². The molecule has 120 valence electrons. The lowest BCUT2D eigenvalue weighted by molar-refractivity contribution is 0.0597. The first-order valence-corrected chi connectivity index (χ1v) is 8.31. The van der Waals surface area contributed by atoms with Crippen LogP contribution in [0.1, 0.15) is 16.8 Å². The molecule has 2 fully saturated rings. The first-order chi connectivity index (χ1) is 10.5. The van der Waals surface area contributed by atoms with E-state index in [1.54, 1.807) is 0 Å². The van der Waals surface area contributed by atoms with Crippen LogP contribution in [0.2, 0.25) is 0 Å². The lowest BCUT2D eigenvalue weighted by Crippen LogP contribution is -2.41. The van der Waals surface area contributed by atoms with Gasteiger partial charge in [0.2, 0.25) is 10.0 Å². The van der Waals surface area contributed by atoms with Gasteiger partial charge in [-0.3, -0.25) is 0 Å². The largest absolute Gasteiger partial charge is 0.495 e. The number of rotatable bonds is 4. The summed E-state index contributed by atoms with van der Waals surface area (Å²) in [6.07, 6.45) is 0.660. The second-order valence-corrected chi connectivity index (χ2v) is 7.14. The molecule has 1 aromatic carbocycles. The fourth-order valence-electron chi connectivity index (χ4n) is 2.91. The Balaban J connectivity index is 2.03. The van der Waals surface area contributed by atoms with Crippen LogP contribution in [0.4, 0.5) is 0 Å². The molecule has 2 heterocycles. The van der Waals surface area contributed by atoms with Crippen molar-refractivity contribution in [1.29, 1.82) is 0 Å². The highest BCUT2D eigenvalue weighted by Gasteiger charge is 2.46. The molecule has 0 N–H and O–H groups in total. The summed E-state index contributed by atoms with van der Waals surface area (Å²) in [5.74, 6) is -0.387. The summed E-state index contributed by atoms with van der Waals surface area (Å²) in [7, 11) is -1.11. The zero-order valence-electron chi connectivity index (χ0n) is 12.3. The third-order valence-electron chi connectivity index (χ3n) is 4.02. The van der Waals surface area contributed by atoms with Crippen molar-refractivity contribution in [3.05, 3.63) is 23.8 Å². The van der Waals surface area contributed by atoms with Crippen molar-refractivity contribution in [3.63, 3.8) is 0 Å². The second kappa shape index (κ2) is 5.53. The first-order valence-electron chi connectivity index (χ1n) is 6.87. The quantitative estimate of drug-likeness (QED) is 0.755. The van der Waals surface area contributed by atoms with Gasteiger partial charge in [-0.15, -0.1) is 0 Å². The van der Waals surface area contributed by atoms with Gasteiger partial charge < -0.3 is 14.2 Å². The molecule has 22 heavy (non-hydrogen) atoms. The van der Waals surface area contributed by atoms with Gasteiger partial charge in [-0.25, -0.2) is 13.2 Å². The van der Waals surface area contributed by atoms with Crippen LogP contribution in [0.25, 0.3) is 0 Å². The van der Waals surface area contributed by atoms with Gasteiger partial charge in [0, 0.05) is 6.54 Å². The monoisotopic (exact) mass is 327 g/mol. The number of hydrogen-bond acceptors (Lipinski definition) is 6. The van der Waals surface area contributed by atoms with E-state index >= 15 is 0 Å². The average Bonchev–Trinajstić information content (AvgIpc) is 3.16. The summed E-state index contributed by atoms with van der Waals surface area (Å²) in [4.78, 5) is 11.6. The summed E-state index contributed by atoms with van der Waals surface area (Å²) in [6, 6.07) is 4.08. The summed E-state index contributed by atoms with van der Waals surface area (Å²) >= 11 is 0. The van der Waals surface area contributed by atoms with Crippen LogP contribution >= 0.6 is 0 Å². The molecule has 0 spiro atoms. The summed E-state index contributed by atoms with van der Waals surface area (Å²) in [6.45, 7) is 0.738. The standard InChI is InChI=1S/C14H17NO6S/c1-19-12-4-3-9(14(16)20-2)5-13(12)22(17,18)15-7-11-6-10(15)8-21-11/h3-5,10-11H,6-8H2,1-2H3. The fourth-order valence-corrected chi connectivity index (χ4v) is 4.74. The molecule has 0 radical (unpaired) electrons. The normalized spacial score (nSPS) is 24.5. The highest BCUT2D eigenvalue weighted by atomic mass is 32.2. The highest BCUT2D eigenvalue weighted by molar-refractivity contribution is 7.89. The van der Waals surface area contributed by atoms with Crippen LogP contribution < -0.4 is 4.74 Å². The van der Waals surface area contributed by atoms with Gasteiger partial charge >= 0.3 is 5.97 Å². The maximum Gasteiger partial charge on any atom is 0.337 e. The Morgan fingerprint density at radius 3 is 2.68 bits per heavy atom. The van der Waals surface area contributed by atoms with E-state index in [-0.39, 0.29) is 28.4 Å². The molecule has 0 amide bonds. The van der Waals surface area contributed by atoms with Crippen LogP contribution in [0.15, 0.2) is 23.1 Å². The van der Waals surface area contributed by atoms with E-state index in [4.69, 9.17) is 9.47 Å². The number of hydrogen-bond donors (Lipinski definition) is 0. The first kappa shape index (κ1) is 15.3. The minimum atomic E-state index is -3.76. The molecule has 8 heteroatoms. The fraction of sp³-hybridized carbons (Fsp3) is 0.500. The van der Waals surface area contributed by atoms with E-state index < -0.39 is 16.0 Å². The molecule has 0 aromatic heterocycles. The van der Waals surface area contributed by atoms with Crippen LogP contribution in [0, 0.1) is 0 Å². The zero-order valence-corrected chi connectivity index (χ0v) is 13.1. The number of methoxy groups -OCH3 is 2.